The number of hydrogen-bond donors (Lipinski definition) is 1. The monoisotopic (exact) mass is 340 g/mol. The highest BCUT2D eigenvalue weighted by atomic mass is 79.9. The van der Waals surface area contributed by atoms with Crippen molar-refractivity contribution < 1.29 is 5.11 Å². The van der Waals surface area contributed by atoms with E-state index >= 15 is 0 Å². The average molecular weight is 341 g/mol. The fraction of sp³-hybridized carbons (Fsp3) is 0.625. The van der Waals surface area contributed by atoms with Crippen LogP contribution in [0.3, 0.4) is 0 Å². The summed E-state index contributed by atoms with van der Waals surface area (Å²) in [6, 6.07) is 8.55. The maximum atomic E-state index is 10.3. The van der Waals surface area contributed by atoms with Crippen LogP contribution < -0.4 is 0 Å². The molecule has 112 valence electrons. The van der Waals surface area contributed by atoms with Crippen LogP contribution in [0.5, 0.6) is 0 Å². The number of benzene rings is 1. The van der Waals surface area contributed by atoms with Gasteiger partial charge in [0.05, 0.1) is 6.10 Å². The molecular weight excluding hydrogens is 316 g/mol. The number of aliphatic hydroxyl groups is 1. The van der Waals surface area contributed by atoms with Gasteiger partial charge >= 0.3 is 0 Å². The highest BCUT2D eigenvalue weighted by Gasteiger charge is 2.22. The number of aliphatic hydroxyl groups excluding tert-OH is 1. The second-order valence-corrected chi connectivity index (χ2v) is 6.46. The highest BCUT2D eigenvalue weighted by Crippen LogP contribution is 2.25. The van der Waals surface area contributed by atoms with Crippen molar-refractivity contribution in [3.63, 3.8) is 0 Å². The molecule has 0 radical (unpaired) electrons. The molecule has 0 aliphatic carbocycles. The quantitative estimate of drug-likeness (QED) is 0.892. The Morgan fingerprint density at radius 3 is 2.75 bits per heavy atom. The molecule has 1 fully saturated rings. The predicted octanol–water partition coefficient (Wildman–Crippen LogP) is 2.90. The average Bonchev–Trinajstić information content (AvgIpc) is 2.45. The largest absolute Gasteiger partial charge is 0.388 e. The van der Waals surface area contributed by atoms with Gasteiger partial charge in [0.15, 0.2) is 0 Å². The summed E-state index contributed by atoms with van der Waals surface area (Å²) in [6.07, 6.45) is 0.409. The number of nitrogens with zero attached hydrogens (tertiary/aromatic N) is 2. The molecule has 4 heteroatoms. The summed E-state index contributed by atoms with van der Waals surface area (Å²) < 4.78 is 0.997. The van der Waals surface area contributed by atoms with Crippen molar-refractivity contribution in [2.45, 2.75) is 32.4 Å². The highest BCUT2D eigenvalue weighted by molar-refractivity contribution is 9.10. The first-order valence-electron chi connectivity index (χ1n) is 7.50. The number of halogens is 1. The molecular formula is C16H25BrN2O. The fourth-order valence-electron chi connectivity index (χ4n) is 2.95. The third-order valence-corrected chi connectivity index (χ3v) is 4.96. The van der Waals surface area contributed by atoms with E-state index < -0.39 is 0 Å². The molecule has 1 aromatic carbocycles. The molecule has 1 aromatic rings. The summed E-state index contributed by atoms with van der Waals surface area (Å²) in [4.78, 5) is 4.98. The zero-order valence-electron chi connectivity index (χ0n) is 12.4. The van der Waals surface area contributed by atoms with Gasteiger partial charge in [0, 0.05) is 36.7 Å². The molecule has 0 amide bonds. The second-order valence-electron chi connectivity index (χ2n) is 5.60. The minimum atomic E-state index is -0.384. The Bertz CT molecular complexity index is 427. The predicted molar refractivity (Wildman–Crippen MR) is 86.9 cm³/mol. The molecule has 20 heavy (non-hydrogen) atoms. The van der Waals surface area contributed by atoms with E-state index in [9.17, 15) is 5.11 Å². The first-order valence-corrected chi connectivity index (χ1v) is 8.30. The van der Waals surface area contributed by atoms with Crippen LogP contribution in [0.15, 0.2) is 28.7 Å². The molecule has 0 bridgehead atoms. The van der Waals surface area contributed by atoms with Crippen molar-refractivity contribution in [2.75, 3.05) is 32.7 Å². The van der Waals surface area contributed by atoms with Gasteiger partial charge in [-0.3, -0.25) is 4.90 Å². The topological polar surface area (TPSA) is 26.7 Å². The minimum Gasteiger partial charge on any atom is -0.388 e. The van der Waals surface area contributed by atoms with E-state index in [1.807, 2.05) is 24.3 Å². The molecule has 0 saturated carbocycles. The molecule has 3 nitrogen and oxygen atoms in total. The third-order valence-electron chi connectivity index (χ3n) is 4.24. The Morgan fingerprint density at radius 2 is 2.10 bits per heavy atom. The second kappa shape index (κ2) is 7.55. The molecule has 2 atom stereocenters. The van der Waals surface area contributed by atoms with Crippen molar-refractivity contribution in [2.24, 2.45) is 0 Å². The van der Waals surface area contributed by atoms with Crippen molar-refractivity contribution in [3.05, 3.63) is 34.3 Å². The number of rotatable bonds is 5. The first-order chi connectivity index (χ1) is 9.61. The van der Waals surface area contributed by atoms with Gasteiger partial charge in [0.2, 0.25) is 0 Å². The van der Waals surface area contributed by atoms with E-state index in [1.165, 1.54) is 0 Å². The zero-order valence-corrected chi connectivity index (χ0v) is 14.0. The Kier molecular flexibility index (Phi) is 6.02. The Hall–Kier alpha value is -0.420. The van der Waals surface area contributed by atoms with E-state index in [1.54, 1.807) is 0 Å². The van der Waals surface area contributed by atoms with Crippen LogP contribution >= 0.6 is 15.9 Å². The van der Waals surface area contributed by atoms with Gasteiger partial charge in [-0.25, -0.2) is 0 Å². The summed E-state index contributed by atoms with van der Waals surface area (Å²) in [7, 11) is 0. The number of hydrogen-bond acceptors (Lipinski definition) is 3. The molecule has 1 N–H and O–H groups in total. The van der Waals surface area contributed by atoms with Crippen LogP contribution in [0.2, 0.25) is 0 Å². The smallest absolute Gasteiger partial charge is 0.0813 e. The lowest BCUT2D eigenvalue weighted by molar-refractivity contribution is 0.0717. The lowest BCUT2D eigenvalue weighted by Crippen LogP contribution is -2.51. The molecule has 1 saturated heterocycles. The van der Waals surface area contributed by atoms with Crippen LogP contribution in [0, 0.1) is 0 Å². The number of piperazine rings is 1. The maximum Gasteiger partial charge on any atom is 0.0813 e. The standard InChI is InChI=1S/C16H25BrN2O/c1-3-19-11-10-18(12-13(19)2)9-8-16(20)14-6-4-5-7-15(14)17/h4-7,13,16,20H,3,8-12H2,1-2H3. The molecule has 0 aromatic heterocycles. The van der Waals surface area contributed by atoms with Crippen LogP contribution in [0.25, 0.3) is 0 Å². The summed E-state index contributed by atoms with van der Waals surface area (Å²) in [5.74, 6) is 0. The normalized spacial score (nSPS) is 22.9. The molecule has 0 spiro atoms. The van der Waals surface area contributed by atoms with E-state index in [-0.39, 0.29) is 6.10 Å². The van der Waals surface area contributed by atoms with Gasteiger partial charge in [-0.1, -0.05) is 41.1 Å². The van der Waals surface area contributed by atoms with Crippen LogP contribution in [-0.4, -0.2) is 53.7 Å². The molecule has 2 unspecified atom stereocenters. The van der Waals surface area contributed by atoms with E-state index in [2.05, 4.69) is 39.6 Å². The van der Waals surface area contributed by atoms with Gasteiger partial charge in [-0.2, -0.15) is 0 Å². The molecule has 1 heterocycles. The summed E-state index contributed by atoms with van der Waals surface area (Å²) in [5.41, 5.74) is 0.993. The fourth-order valence-corrected chi connectivity index (χ4v) is 3.50. The Labute approximate surface area is 130 Å². The van der Waals surface area contributed by atoms with Gasteiger partial charge in [-0.05, 0) is 31.5 Å². The van der Waals surface area contributed by atoms with Crippen molar-refractivity contribution in [1.82, 2.24) is 9.80 Å². The summed E-state index contributed by atoms with van der Waals surface area (Å²) >= 11 is 3.51. The van der Waals surface area contributed by atoms with Gasteiger partial charge < -0.3 is 10.0 Å². The van der Waals surface area contributed by atoms with Gasteiger partial charge in [-0.15, -0.1) is 0 Å². The van der Waals surface area contributed by atoms with Crippen LogP contribution in [-0.2, 0) is 0 Å². The lowest BCUT2D eigenvalue weighted by atomic mass is 10.1. The number of likely N-dealkylation sites (N-methyl/N-ethyl adjacent to an activating group) is 1. The zero-order chi connectivity index (χ0) is 14.5. The van der Waals surface area contributed by atoms with E-state index in [4.69, 9.17) is 0 Å². The van der Waals surface area contributed by atoms with Gasteiger partial charge in [0.25, 0.3) is 0 Å². The minimum absolute atomic E-state index is 0.384. The van der Waals surface area contributed by atoms with Crippen molar-refractivity contribution in [1.29, 1.82) is 0 Å². The van der Waals surface area contributed by atoms with E-state index in [0.29, 0.717) is 6.04 Å². The Balaban J connectivity index is 1.82. The maximum absolute atomic E-state index is 10.3. The third kappa shape index (κ3) is 4.04. The van der Waals surface area contributed by atoms with E-state index in [0.717, 1.165) is 49.2 Å². The van der Waals surface area contributed by atoms with Gasteiger partial charge in [0.1, 0.15) is 0 Å². The summed E-state index contributed by atoms with van der Waals surface area (Å²) in [6.45, 7) is 9.97. The van der Waals surface area contributed by atoms with Crippen LogP contribution in [0.4, 0.5) is 0 Å². The lowest BCUT2D eigenvalue weighted by Gasteiger charge is -2.39. The Morgan fingerprint density at radius 1 is 1.35 bits per heavy atom. The first kappa shape index (κ1) is 16.0. The molecule has 2 rings (SSSR count). The van der Waals surface area contributed by atoms with Crippen molar-refractivity contribution >= 4 is 15.9 Å². The molecule has 1 aliphatic rings. The van der Waals surface area contributed by atoms with Crippen LogP contribution in [0.1, 0.15) is 31.9 Å². The van der Waals surface area contributed by atoms with Crippen molar-refractivity contribution in [3.8, 4) is 0 Å². The summed E-state index contributed by atoms with van der Waals surface area (Å²) in [5, 5.41) is 10.3. The SMILES string of the molecule is CCN1CCN(CCC(O)c2ccccc2Br)CC1C. The molecule has 1 aliphatic heterocycles.